The fourth-order valence-corrected chi connectivity index (χ4v) is 5.18. The maximum absolute atomic E-state index is 5.00. The molecule has 3 aromatic heterocycles. The van der Waals surface area contributed by atoms with Gasteiger partial charge < -0.3 is 4.40 Å². The van der Waals surface area contributed by atoms with Crippen LogP contribution in [0.15, 0.2) is 60.9 Å². The van der Waals surface area contributed by atoms with Crippen LogP contribution in [-0.2, 0) is 6.54 Å². The van der Waals surface area contributed by atoms with Gasteiger partial charge in [0.05, 0.1) is 12.2 Å². The molecule has 1 aromatic carbocycles. The van der Waals surface area contributed by atoms with Gasteiger partial charge in [-0.05, 0) is 53.9 Å². The first-order chi connectivity index (χ1) is 16.3. The van der Waals surface area contributed by atoms with Gasteiger partial charge in [0.2, 0.25) is 0 Å². The predicted molar refractivity (Wildman–Crippen MR) is 126 cm³/mol. The second kappa shape index (κ2) is 9.03. The van der Waals surface area contributed by atoms with E-state index in [1.54, 1.807) is 0 Å². The quantitative estimate of drug-likeness (QED) is 0.457. The van der Waals surface area contributed by atoms with Crippen LogP contribution in [0.4, 0.5) is 0 Å². The van der Waals surface area contributed by atoms with Crippen LogP contribution >= 0.6 is 0 Å². The third kappa shape index (κ3) is 4.16. The number of imidazole rings is 1. The number of aromatic nitrogens is 6. The van der Waals surface area contributed by atoms with E-state index in [-0.39, 0.29) is 6.04 Å². The molecule has 4 heterocycles. The lowest BCUT2D eigenvalue weighted by molar-refractivity contribution is 0.127. The van der Waals surface area contributed by atoms with Crippen molar-refractivity contribution >= 4 is 5.65 Å². The molecule has 8 heteroatoms. The number of benzene rings is 1. The van der Waals surface area contributed by atoms with Gasteiger partial charge in [0, 0.05) is 38.1 Å². The lowest BCUT2D eigenvalue weighted by atomic mass is 9.91. The lowest BCUT2D eigenvalue weighted by Gasteiger charge is -2.37. The Morgan fingerprint density at radius 3 is 2.61 bits per heavy atom. The van der Waals surface area contributed by atoms with Gasteiger partial charge in [-0.1, -0.05) is 42.8 Å². The Balaban J connectivity index is 1.35. The van der Waals surface area contributed by atoms with Crippen molar-refractivity contribution in [2.75, 3.05) is 26.2 Å². The summed E-state index contributed by atoms with van der Waals surface area (Å²) in [5.74, 6) is 0.861. The Morgan fingerprint density at radius 2 is 1.79 bits per heavy atom. The summed E-state index contributed by atoms with van der Waals surface area (Å²) in [5, 5.41) is 13.0. The van der Waals surface area contributed by atoms with Gasteiger partial charge in [-0.15, -0.1) is 5.10 Å². The summed E-state index contributed by atoms with van der Waals surface area (Å²) < 4.78 is 4.03. The van der Waals surface area contributed by atoms with Gasteiger partial charge >= 0.3 is 0 Å². The van der Waals surface area contributed by atoms with E-state index in [1.165, 1.54) is 31.4 Å². The molecule has 2 aliphatic rings. The Bertz CT molecular complexity index is 1160. The van der Waals surface area contributed by atoms with E-state index < -0.39 is 0 Å². The fourth-order valence-electron chi connectivity index (χ4n) is 5.18. The SMILES string of the molecule is c1ccc(Cn2nnnc2C(c2cn3ccccc3n2)N2CCCN(C3CCC3)CC2)cc1. The average molecular weight is 443 g/mol. The highest BCUT2D eigenvalue weighted by atomic mass is 15.6. The van der Waals surface area contributed by atoms with Crippen molar-refractivity contribution in [1.82, 2.24) is 39.4 Å². The largest absolute Gasteiger partial charge is 0.307 e. The maximum atomic E-state index is 5.00. The number of hydrogen-bond acceptors (Lipinski definition) is 6. The van der Waals surface area contributed by atoms with Crippen molar-refractivity contribution in [1.29, 1.82) is 0 Å². The molecule has 33 heavy (non-hydrogen) atoms. The van der Waals surface area contributed by atoms with E-state index in [0.717, 1.165) is 49.3 Å². The monoisotopic (exact) mass is 442 g/mol. The Morgan fingerprint density at radius 1 is 0.909 bits per heavy atom. The zero-order chi connectivity index (χ0) is 22.0. The third-order valence-electron chi connectivity index (χ3n) is 7.16. The predicted octanol–water partition coefficient (Wildman–Crippen LogP) is 3.02. The molecule has 6 rings (SSSR count). The minimum atomic E-state index is -0.0787. The van der Waals surface area contributed by atoms with Crippen LogP contribution in [-0.4, -0.2) is 71.6 Å². The highest BCUT2D eigenvalue weighted by Crippen LogP contribution is 2.30. The summed E-state index contributed by atoms with van der Waals surface area (Å²) in [6, 6.07) is 17.2. The van der Waals surface area contributed by atoms with Crippen molar-refractivity contribution in [3.8, 4) is 0 Å². The molecule has 0 spiro atoms. The third-order valence-corrected chi connectivity index (χ3v) is 7.16. The van der Waals surface area contributed by atoms with Gasteiger partial charge in [-0.3, -0.25) is 9.80 Å². The molecule has 170 valence electrons. The highest BCUT2D eigenvalue weighted by molar-refractivity contribution is 5.41. The van der Waals surface area contributed by atoms with E-state index in [4.69, 9.17) is 4.98 Å². The van der Waals surface area contributed by atoms with Crippen molar-refractivity contribution < 1.29 is 0 Å². The van der Waals surface area contributed by atoms with Crippen LogP contribution in [0.3, 0.4) is 0 Å². The number of hydrogen-bond donors (Lipinski definition) is 0. The summed E-state index contributed by atoms with van der Waals surface area (Å²) >= 11 is 0. The first-order valence-corrected chi connectivity index (χ1v) is 12.1. The van der Waals surface area contributed by atoms with E-state index in [1.807, 2.05) is 28.9 Å². The molecule has 1 saturated heterocycles. The van der Waals surface area contributed by atoms with Gasteiger partial charge in [0.25, 0.3) is 0 Å². The van der Waals surface area contributed by atoms with Crippen LogP contribution in [0.1, 0.15) is 48.8 Å². The summed E-state index contributed by atoms with van der Waals surface area (Å²) in [6.45, 7) is 4.92. The van der Waals surface area contributed by atoms with E-state index in [2.05, 4.69) is 66.4 Å². The van der Waals surface area contributed by atoms with Crippen molar-refractivity contribution in [3.63, 3.8) is 0 Å². The first kappa shape index (κ1) is 20.5. The summed E-state index contributed by atoms with van der Waals surface area (Å²) in [5.41, 5.74) is 3.14. The second-order valence-electron chi connectivity index (χ2n) is 9.22. The summed E-state index contributed by atoms with van der Waals surface area (Å²) in [4.78, 5) is 10.2. The van der Waals surface area contributed by atoms with E-state index in [9.17, 15) is 0 Å². The second-order valence-corrected chi connectivity index (χ2v) is 9.22. The van der Waals surface area contributed by atoms with Gasteiger partial charge in [0.1, 0.15) is 11.7 Å². The number of fused-ring (bicyclic) bond motifs is 1. The molecule has 1 atom stereocenters. The fraction of sp³-hybridized carbons (Fsp3) is 0.440. The molecule has 1 unspecified atom stereocenters. The van der Waals surface area contributed by atoms with Crippen LogP contribution in [0.25, 0.3) is 5.65 Å². The Kier molecular flexibility index (Phi) is 5.61. The molecular weight excluding hydrogens is 412 g/mol. The molecule has 0 N–H and O–H groups in total. The van der Waals surface area contributed by atoms with Gasteiger partial charge in [-0.2, -0.15) is 0 Å². The van der Waals surface area contributed by atoms with Gasteiger partial charge in [0.15, 0.2) is 5.82 Å². The first-order valence-electron chi connectivity index (χ1n) is 12.1. The number of tetrazole rings is 1. The summed E-state index contributed by atoms with van der Waals surface area (Å²) in [6.07, 6.45) is 9.42. The molecule has 0 bridgehead atoms. The van der Waals surface area contributed by atoms with Gasteiger partial charge in [-0.25, -0.2) is 9.67 Å². The molecule has 2 fully saturated rings. The Labute approximate surface area is 193 Å². The van der Waals surface area contributed by atoms with Crippen LogP contribution in [0.5, 0.6) is 0 Å². The minimum absolute atomic E-state index is 0.0787. The number of rotatable bonds is 6. The smallest absolute Gasteiger partial charge is 0.175 e. The van der Waals surface area contributed by atoms with Crippen LogP contribution < -0.4 is 0 Å². The topological polar surface area (TPSA) is 67.4 Å². The molecular formula is C25H30N8. The molecule has 1 aliphatic carbocycles. The number of pyridine rings is 1. The zero-order valence-corrected chi connectivity index (χ0v) is 18.9. The molecule has 4 aromatic rings. The molecule has 1 aliphatic heterocycles. The highest BCUT2D eigenvalue weighted by Gasteiger charge is 2.33. The summed E-state index contributed by atoms with van der Waals surface area (Å²) in [7, 11) is 0. The maximum Gasteiger partial charge on any atom is 0.175 e. The Hall–Kier alpha value is -3.10. The average Bonchev–Trinajstić information content (AvgIpc) is 3.36. The molecule has 0 radical (unpaired) electrons. The molecule has 1 saturated carbocycles. The van der Waals surface area contributed by atoms with E-state index in [0.29, 0.717) is 6.54 Å². The minimum Gasteiger partial charge on any atom is -0.307 e. The van der Waals surface area contributed by atoms with Crippen molar-refractivity contribution in [2.45, 2.75) is 44.3 Å². The zero-order valence-electron chi connectivity index (χ0n) is 18.9. The standard InChI is InChI=1S/C25H30N8/c1-2-8-20(9-3-1)18-33-25(27-28-29-33)24(22-19-32-13-5-4-12-23(32)26-22)31-15-7-14-30(16-17-31)21-10-6-11-21/h1-5,8-9,12-13,19,21,24H,6-7,10-11,14-18H2. The van der Waals surface area contributed by atoms with Crippen LogP contribution in [0.2, 0.25) is 0 Å². The van der Waals surface area contributed by atoms with Crippen molar-refractivity contribution in [2.24, 2.45) is 0 Å². The van der Waals surface area contributed by atoms with E-state index >= 15 is 0 Å². The molecule has 0 amide bonds. The lowest BCUT2D eigenvalue weighted by Crippen LogP contribution is -2.42. The normalized spacial score (nSPS) is 19.4. The number of nitrogens with zero attached hydrogens (tertiary/aromatic N) is 8. The van der Waals surface area contributed by atoms with Crippen molar-refractivity contribution in [3.05, 3.63) is 78.0 Å². The van der Waals surface area contributed by atoms with Crippen LogP contribution in [0, 0.1) is 0 Å². The molecule has 8 nitrogen and oxygen atoms in total.